The Morgan fingerprint density at radius 2 is 1.96 bits per heavy atom. The molecule has 0 amide bonds. The van der Waals surface area contributed by atoms with Crippen LogP contribution < -0.4 is 11.3 Å². The summed E-state index contributed by atoms with van der Waals surface area (Å²) in [5, 5.41) is 19.0. The zero-order valence-corrected chi connectivity index (χ0v) is 13.8. The molecule has 0 spiro atoms. The van der Waals surface area contributed by atoms with Crippen LogP contribution in [0, 0.1) is 0 Å². The molecule has 7 nitrogen and oxygen atoms in total. The lowest BCUT2D eigenvalue weighted by Crippen LogP contribution is -2.13. The minimum absolute atomic E-state index is 0.0475. The van der Waals surface area contributed by atoms with Crippen LogP contribution in [0.1, 0.15) is 35.4 Å². The third kappa shape index (κ3) is 3.42. The van der Waals surface area contributed by atoms with E-state index in [1.54, 1.807) is 6.20 Å². The second-order valence-electron chi connectivity index (χ2n) is 6.03. The maximum atomic E-state index is 12.0. The van der Waals surface area contributed by atoms with E-state index in [-0.39, 0.29) is 30.6 Å². The summed E-state index contributed by atoms with van der Waals surface area (Å²) in [7, 11) is 0. The van der Waals surface area contributed by atoms with Crippen molar-refractivity contribution < 1.29 is 10.2 Å². The van der Waals surface area contributed by atoms with Gasteiger partial charge in [-0.25, -0.2) is 4.98 Å². The highest BCUT2D eigenvalue weighted by atomic mass is 16.3. The summed E-state index contributed by atoms with van der Waals surface area (Å²) in [6.07, 6.45) is 4.12. The minimum atomic E-state index is -0.332. The van der Waals surface area contributed by atoms with Crippen molar-refractivity contribution in [1.29, 1.82) is 0 Å². The van der Waals surface area contributed by atoms with Crippen molar-refractivity contribution in [2.45, 2.75) is 25.2 Å². The fourth-order valence-corrected chi connectivity index (χ4v) is 3.21. The fraction of sp³-hybridized carbons (Fsp3) is 0.333. The quantitative estimate of drug-likeness (QED) is 0.413. The number of H-pyrrole nitrogens is 2. The molecule has 25 heavy (non-hydrogen) atoms. The van der Waals surface area contributed by atoms with E-state index >= 15 is 0 Å². The molecular formula is C18H22N4O3. The number of benzene rings is 1. The molecule has 0 aliphatic carbocycles. The second-order valence-corrected chi connectivity index (χ2v) is 6.03. The average Bonchev–Trinajstić information content (AvgIpc) is 3.01. The third-order valence-corrected chi connectivity index (χ3v) is 4.43. The van der Waals surface area contributed by atoms with Gasteiger partial charge in [0.25, 0.3) is 5.56 Å². The van der Waals surface area contributed by atoms with E-state index in [4.69, 9.17) is 10.8 Å². The van der Waals surface area contributed by atoms with Crippen LogP contribution in [0.4, 0.5) is 5.95 Å². The SMILES string of the molecule is Nc1nc2c(C(CO)c3ccccc3CCCCO)c[nH]c2c(=O)[nH]1. The number of fused-ring (bicyclic) bond motifs is 1. The summed E-state index contributed by atoms with van der Waals surface area (Å²) in [4.78, 5) is 21.6. The van der Waals surface area contributed by atoms with Crippen LogP contribution in [-0.4, -0.2) is 38.4 Å². The number of aromatic amines is 2. The number of aromatic nitrogens is 3. The van der Waals surface area contributed by atoms with E-state index in [2.05, 4.69) is 15.0 Å². The summed E-state index contributed by atoms with van der Waals surface area (Å²) in [5.41, 5.74) is 9.01. The average molecular weight is 342 g/mol. The van der Waals surface area contributed by atoms with Gasteiger partial charge < -0.3 is 20.9 Å². The van der Waals surface area contributed by atoms with Crippen molar-refractivity contribution in [1.82, 2.24) is 15.0 Å². The lowest BCUT2D eigenvalue weighted by atomic mass is 9.88. The number of hydrogen-bond donors (Lipinski definition) is 5. The number of hydrogen-bond acceptors (Lipinski definition) is 5. The van der Waals surface area contributed by atoms with Crippen LogP contribution in [0.5, 0.6) is 0 Å². The molecule has 3 rings (SSSR count). The Morgan fingerprint density at radius 1 is 1.16 bits per heavy atom. The van der Waals surface area contributed by atoms with Crippen molar-refractivity contribution in [3.8, 4) is 0 Å². The van der Waals surface area contributed by atoms with Gasteiger partial charge in [-0.15, -0.1) is 0 Å². The predicted molar refractivity (Wildman–Crippen MR) is 96.5 cm³/mol. The Kier molecular flexibility index (Phi) is 5.16. The van der Waals surface area contributed by atoms with Crippen molar-refractivity contribution in [3.63, 3.8) is 0 Å². The molecular weight excluding hydrogens is 320 g/mol. The fourth-order valence-electron chi connectivity index (χ4n) is 3.21. The first-order valence-electron chi connectivity index (χ1n) is 8.32. The van der Waals surface area contributed by atoms with E-state index < -0.39 is 0 Å². The van der Waals surface area contributed by atoms with Crippen LogP contribution in [0.15, 0.2) is 35.3 Å². The van der Waals surface area contributed by atoms with Gasteiger partial charge in [0.2, 0.25) is 5.95 Å². The minimum Gasteiger partial charge on any atom is -0.396 e. The molecule has 1 unspecified atom stereocenters. The first-order valence-corrected chi connectivity index (χ1v) is 8.32. The normalized spacial score (nSPS) is 12.6. The number of aliphatic hydroxyl groups excluding tert-OH is 2. The van der Waals surface area contributed by atoms with Gasteiger partial charge >= 0.3 is 0 Å². The van der Waals surface area contributed by atoms with Crippen molar-refractivity contribution in [2.75, 3.05) is 18.9 Å². The molecule has 0 saturated heterocycles. The number of nitrogens with zero attached hydrogens (tertiary/aromatic N) is 1. The predicted octanol–water partition coefficient (Wildman–Crippen LogP) is 1.27. The molecule has 7 heteroatoms. The highest BCUT2D eigenvalue weighted by molar-refractivity contribution is 5.80. The van der Waals surface area contributed by atoms with E-state index in [1.165, 1.54) is 0 Å². The standard InChI is InChI=1S/C18H22N4O3/c19-18-21-15-13(9-20-16(15)17(25)22-18)14(10-24)12-7-2-1-5-11(12)6-3-4-8-23/h1-2,5,7,9,14,20,23-24H,3-4,6,8,10H2,(H3,19,21,22,25). The molecule has 0 saturated carbocycles. The van der Waals surface area contributed by atoms with Gasteiger partial charge in [0.15, 0.2) is 0 Å². The zero-order valence-electron chi connectivity index (χ0n) is 13.8. The maximum Gasteiger partial charge on any atom is 0.276 e. The van der Waals surface area contributed by atoms with Crippen LogP contribution in [0.3, 0.4) is 0 Å². The highest BCUT2D eigenvalue weighted by Crippen LogP contribution is 2.31. The number of anilines is 1. The highest BCUT2D eigenvalue weighted by Gasteiger charge is 2.22. The molecule has 2 heterocycles. The lowest BCUT2D eigenvalue weighted by molar-refractivity contribution is 0.279. The Labute approximate surface area is 144 Å². The van der Waals surface area contributed by atoms with Crippen LogP contribution >= 0.6 is 0 Å². The number of unbranched alkanes of at least 4 members (excludes halogenated alkanes) is 1. The molecule has 2 aromatic heterocycles. The monoisotopic (exact) mass is 342 g/mol. The largest absolute Gasteiger partial charge is 0.396 e. The number of nitrogens with one attached hydrogen (secondary N) is 2. The molecule has 0 fully saturated rings. The second kappa shape index (κ2) is 7.50. The van der Waals surface area contributed by atoms with E-state index in [9.17, 15) is 9.90 Å². The molecule has 0 radical (unpaired) electrons. The summed E-state index contributed by atoms with van der Waals surface area (Å²) in [5.74, 6) is -0.265. The van der Waals surface area contributed by atoms with E-state index in [1.807, 2.05) is 24.3 Å². The molecule has 0 bridgehead atoms. The van der Waals surface area contributed by atoms with Gasteiger partial charge in [-0.05, 0) is 30.4 Å². The smallest absolute Gasteiger partial charge is 0.276 e. The summed E-state index contributed by atoms with van der Waals surface area (Å²) in [6.45, 7) is 0.0539. The molecule has 1 aromatic carbocycles. The van der Waals surface area contributed by atoms with Gasteiger partial charge in [0.1, 0.15) is 11.0 Å². The molecule has 1 atom stereocenters. The molecule has 0 aliphatic heterocycles. The Bertz CT molecular complexity index is 916. The third-order valence-electron chi connectivity index (χ3n) is 4.43. The van der Waals surface area contributed by atoms with Crippen molar-refractivity contribution in [3.05, 3.63) is 57.5 Å². The number of aliphatic hydroxyl groups is 2. The molecule has 3 aromatic rings. The summed E-state index contributed by atoms with van der Waals surface area (Å²) >= 11 is 0. The lowest BCUT2D eigenvalue weighted by Gasteiger charge is -2.18. The number of rotatable bonds is 7. The first kappa shape index (κ1) is 17.2. The van der Waals surface area contributed by atoms with Gasteiger partial charge in [0, 0.05) is 24.3 Å². The van der Waals surface area contributed by atoms with Crippen LogP contribution in [-0.2, 0) is 6.42 Å². The topological polar surface area (TPSA) is 128 Å². The van der Waals surface area contributed by atoms with Gasteiger partial charge in [-0.2, -0.15) is 0 Å². The van der Waals surface area contributed by atoms with Crippen molar-refractivity contribution in [2.24, 2.45) is 0 Å². The van der Waals surface area contributed by atoms with E-state index in [0.29, 0.717) is 11.0 Å². The molecule has 6 N–H and O–H groups in total. The Hall–Kier alpha value is -2.64. The Balaban J connectivity index is 2.06. The van der Waals surface area contributed by atoms with E-state index in [0.717, 1.165) is 36.0 Å². The molecule has 0 aliphatic rings. The maximum absolute atomic E-state index is 12.0. The van der Waals surface area contributed by atoms with Crippen LogP contribution in [0.2, 0.25) is 0 Å². The number of nitrogens with two attached hydrogens (primary N) is 1. The van der Waals surface area contributed by atoms with Gasteiger partial charge in [-0.1, -0.05) is 24.3 Å². The van der Waals surface area contributed by atoms with Gasteiger partial charge in [-0.3, -0.25) is 9.78 Å². The zero-order chi connectivity index (χ0) is 17.8. The van der Waals surface area contributed by atoms with Crippen molar-refractivity contribution >= 4 is 17.0 Å². The summed E-state index contributed by atoms with van der Waals surface area (Å²) < 4.78 is 0. The molecule has 132 valence electrons. The number of aryl methyl sites for hydroxylation is 1. The van der Waals surface area contributed by atoms with Crippen LogP contribution in [0.25, 0.3) is 11.0 Å². The number of nitrogen functional groups attached to an aromatic ring is 1. The van der Waals surface area contributed by atoms with Gasteiger partial charge in [0.05, 0.1) is 6.61 Å². The Morgan fingerprint density at radius 3 is 2.72 bits per heavy atom. The summed E-state index contributed by atoms with van der Waals surface area (Å²) in [6, 6.07) is 7.89. The first-order chi connectivity index (χ1) is 12.2.